The first-order valence-electron chi connectivity index (χ1n) is 6.97. The number of carbonyl (C=O) groups excluding carboxylic acids is 1. The molecule has 0 spiro atoms. The number of carbonyl (C=O) groups is 1. The fourth-order valence-corrected chi connectivity index (χ4v) is 2.87. The fraction of sp³-hybridized carbons (Fsp3) is 0.533. The van der Waals surface area contributed by atoms with Crippen molar-refractivity contribution in [2.45, 2.75) is 32.2 Å². The van der Waals surface area contributed by atoms with E-state index in [1.165, 1.54) is 18.2 Å². The van der Waals surface area contributed by atoms with Gasteiger partial charge in [-0.25, -0.2) is 8.78 Å². The Morgan fingerprint density at radius 3 is 2.65 bits per heavy atom. The number of rotatable bonds is 3. The van der Waals surface area contributed by atoms with E-state index in [9.17, 15) is 13.6 Å². The molecular weight excluding hydrogens is 262 g/mol. The van der Waals surface area contributed by atoms with Crippen LogP contribution in [0.3, 0.4) is 0 Å². The highest BCUT2D eigenvalue weighted by Crippen LogP contribution is 2.24. The molecule has 2 rings (SSSR count). The lowest BCUT2D eigenvalue weighted by Crippen LogP contribution is -2.51. The van der Waals surface area contributed by atoms with Gasteiger partial charge in [0.15, 0.2) is 0 Å². The van der Waals surface area contributed by atoms with Gasteiger partial charge in [-0.2, -0.15) is 0 Å². The van der Waals surface area contributed by atoms with Gasteiger partial charge in [0.1, 0.15) is 11.6 Å². The summed E-state index contributed by atoms with van der Waals surface area (Å²) in [5.41, 5.74) is 5.57. The van der Waals surface area contributed by atoms with Crippen molar-refractivity contribution in [2.75, 3.05) is 13.1 Å². The average molecular weight is 282 g/mol. The van der Waals surface area contributed by atoms with Crippen LogP contribution in [0.5, 0.6) is 0 Å². The van der Waals surface area contributed by atoms with Crippen molar-refractivity contribution in [1.82, 2.24) is 4.90 Å². The summed E-state index contributed by atoms with van der Waals surface area (Å²) in [5.74, 6) is -1.28. The van der Waals surface area contributed by atoms with Crippen molar-refractivity contribution in [3.63, 3.8) is 0 Å². The molecule has 1 amide bonds. The zero-order chi connectivity index (χ0) is 14.7. The van der Waals surface area contributed by atoms with Crippen molar-refractivity contribution >= 4 is 5.91 Å². The molecule has 0 aromatic heterocycles. The fourth-order valence-electron chi connectivity index (χ4n) is 2.87. The van der Waals surface area contributed by atoms with Gasteiger partial charge in [0.2, 0.25) is 5.91 Å². The van der Waals surface area contributed by atoms with E-state index < -0.39 is 11.6 Å². The Kier molecular flexibility index (Phi) is 4.70. The Morgan fingerprint density at radius 2 is 2.05 bits per heavy atom. The van der Waals surface area contributed by atoms with E-state index in [-0.39, 0.29) is 23.9 Å². The lowest BCUT2D eigenvalue weighted by Gasteiger charge is -2.39. The quantitative estimate of drug-likeness (QED) is 0.922. The molecule has 3 nitrogen and oxygen atoms in total. The Balaban J connectivity index is 2.15. The van der Waals surface area contributed by atoms with Crippen LogP contribution in [0.4, 0.5) is 8.78 Å². The molecule has 1 aromatic rings. The maximum absolute atomic E-state index is 13.6. The summed E-state index contributed by atoms with van der Waals surface area (Å²) < 4.78 is 27.2. The van der Waals surface area contributed by atoms with E-state index >= 15 is 0 Å². The summed E-state index contributed by atoms with van der Waals surface area (Å²) in [6.45, 7) is 3.05. The number of benzene rings is 1. The minimum Gasteiger partial charge on any atom is -0.338 e. The summed E-state index contributed by atoms with van der Waals surface area (Å²) >= 11 is 0. The van der Waals surface area contributed by atoms with Crippen LogP contribution in [0, 0.1) is 17.6 Å². The van der Waals surface area contributed by atoms with E-state index in [1.54, 1.807) is 4.90 Å². The molecule has 2 unspecified atom stereocenters. The third-order valence-corrected chi connectivity index (χ3v) is 4.07. The maximum atomic E-state index is 13.6. The molecule has 0 saturated carbocycles. The molecule has 20 heavy (non-hydrogen) atoms. The standard InChI is InChI=1S/C15H20F2N2O/c1-10-4-3-7-19(14(10)9-18)15(20)8-11-12(16)5-2-6-13(11)17/h2,5-6,10,14H,3-4,7-9,18H2,1H3. The topological polar surface area (TPSA) is 46.3 Å². The third kappa shape index (κ3) is 2.98. The molecule has 1 saturated heterocycles. The zero-order valence-electron chi connectivity index (χ0n) is 11.6. The van der Waals surface area contributed by atoms with Crippen LogP contribution >= 0.6 is 0 Å². The van der Waals surface area contributed by atoms with Crippen LogP contribution in [0.25, 0.3) is 0 Å². The highest BCUT2D eigenvalue weighted by atomic mass is 19.1. The smallest absolute Gasteiger partial charge is 0.227 e. The number of hydrogen-bond acceptors (Lipinski definition) is 2. The number of nitrogens with zero attached hydrogens (tertiary/aromatic N) is 1. The predicted octanol–water partition coefficient (Wildman–Crippen LogP) is 2.09. The second-order valence-electron chi connectivity index (χ2n) is 5.39. The maximum Gasteiger partial charge on any atom is 0.227 e. The van der Waals surface area contributed by atoms with E-state index in [4.69, 9.17) is 5.73 Å². The first-order valence-corrected chi connectivity index (χ1v) is 6.97. The Labute approximate surface area is 117 Å². The highest BCUT2D eigenvalue weighted by Gasteiger charge is 2.31. The molecular formula is C15H20F2N2O. The van der Waals surface area contributed by atoms with Crippen molar-refractivity contribution < 1.29 is 13.6 Å². The van der Waals surface area contributed by atoms with Gasteiger partial charge < -0.3 is 10.6 Å². The number of halogens is 2. The Morgan fingerprint density at radius 1 is 1.40 bits per heavy atom. The summed E-state index contributed by atoms with van der Waals surface area (Å²) in [4.78, 5) is 14.0. The minimum absolute atomic E-state index is 0.0360. The van der Waals surface area contributed by atoms with Gasteiger partial charge >= 0.3 is 0 Å². The number of hydrogen-bond donors (Lipinski definition) is 1. The molecule has 1 fully saturated rings. The van der Waals surface area contributed by atoms with Crippen LogP contribution in [0.1, 0.15) is 25.3 Å². The summed E-state index contributed by atoms with van der Waals surface area (Å²) in [7, 11) is 0. The van der Waals surface area contributed by atoms with Gasteiger partial charge in [0.25, 0.3) is 0 Å². The second-order valence-corrected chi connectivity index (χ2v) is 5.39. The molecule has 110 valence electrons. The van der Waals surface area contributed by atoms with Crippen LogP contribution in [-0.2, 0) is 11.2 Å². The monoisotopic (exact) mass is 282 g/mol. The normalized spacial score (nSPS) is 22.9. The number of likely N-dealkylation sites (tertiary alicyclic amines) is 1. The van der Waals surface area contributed by atoms with Crippen LogP contribution in [0.15, 0.2) is 18.2 Å². The van der Waals surface area contributed by atoms with Crippen LogP contribution in [0.2, 0.25) is 0 Å². The molecule has 1 aliphatic rings. The Hall–Kier alpha value is -1.49. The molecule has 2 N–H and O–H groups in total. The van der Waals surface area contributed by atoms with Gasteiger partial charge in [0, 0.05) is 24.7 Å². The van der Waals surface area contributed by atoms with Gasteiger partial charge in [-0.15, -0.1) is 0 Å². The van der Waals surface area contributed by atoms with Crippen molar-refractivity contribution in [3.8, 4) is 0 Å². The first-order chi connectivity index (χ1) is 9.54. The SMILES string of the molecule is CC1CCCN(C(=O)Cc2c(F)cccc2F)C1CN. The van der Waals surface area contributed by atoms with Gasteiger partial charge in [-0.05, 0) is 30.9 Å². The van der Waals surface area contributed by atoms with E-state index in [0.29, 0.717) is 19.0 Å². The number of piperidine rings is 1. The summed E-state index contributed by atoms with van der Waals surface area (Å²) in [6.07, 6.45) is 1.69. The minimum atomic E-state index is -0.673. The van der Waals surface area contributed by atoms with E-state index in [1.807, 2.05) is 0 Å². The zero-order valence-corrected chi connectivity index (χ0v) is 11.6. The number of amides is 1. The lowest BCUT2D eigenvalue weighted by molar-refractivity contribution is -0.135. The van der Waals surface area contributed by atoms with Crippen LogP contribution < -0.4 is 5.73 Å². The number of nitrogens with two attached hydrogens (primary N) is 1. The largest absolute Gasteiger partial charge is 0.338 e. The van der Waals surface area contributed by atoms with Crippen LogP contribution in [-0.4, -0.2) is 29.9 Å². The molecule has 5 heteroatoms. The second kappa shape index (κ2) is 6.31. The molecule has 1 heterocycles. The highest BCUT2D eigenvalue weighted by molar-refractivity contribution is 5.79. The van der Waals surface area contributed by atoms with Crippen molar-refractivity contribution in [3.05, 3.63) is 35.4 Å². The van der Waals surface area contributed by atoms with Gasteiger partial charge in [0.05, 0.1) is 6.42 Å². The van der Waals surface area contributed by atoms with Gasteiger partial charge in [-0.3, -0.25) is 4.79 Å². The van der Waals surface area contributed by atoms with Gasteiger partial charge in [-0.1, -0.05) is 13.0 Å². The van der Waals surface area contributed by atoms with Crippen molar-refractivity contribution in [2.24, 2.45) is 11.7 Å². The first kappa shape index (κ1) is 14.9. The summed E-state index contributed by atoms with van der Waals surface area (Å²) in [6, 6.07) is 3.60. The average Bonchev–Trinajstić information content (AvgIpc) is 2.42. The molecule has 1 aliphatic heterocycles. The molecule has 0 bridgehead atoms. The van der Waals surface area contributed by atoms with E-state index in [2.05, 4.69) is 6.92 Å². The molecule has 0 aliphatic carbocycles. The predicted molar refractivity (Wildman–Crippen MR) is 73.0 cm³/mol. The van der Waals surface area contributed by atoms with E-state index in [0.717, 1.165) is 12.8 Å². The molecule has 2 atom stereocenters. The molecule has 1 aromatic carbocycles. The third-order valence-electron chi connectivity index (χ3n) is 4.07. The summed E-state index contributed by atoms with van der Waals surface area (Å²) in [5, 5.41) is 0. The Bertz CT molecular complexity index is 473. The molecule has 0 radical (unpaired) electrons. The van der Waals surface area contributed by atoms with Crippen molar-refractivity contribution in [1.29, 1.82) is 0 Å². The lowest BCUT2D eigenvalue weighted by atomic mass is 9.90.